The van der Waals surface area contributed by atoms with Crippen molar-refractivity contribution < 1.29 is 0 Å². The van der Waals surface area contributed by atoms with Gasteiger partial charge in [-0.1, -0.05) is 69.7 Å². The van der Waals surface area contributed by atoms with Crippen molar-refractivity contribution in [2.45, 2.75) is 58.9 Å². The first-order chi connectivity index (χ1) is 17.4. The highest BCUT2D eigenvalue weighted by atomic mass is 35.5. The summed E-state index contributed by atoms with van der Waals surface area (Å²) in [6, 6.07) is 8.46. The minimum atomic E-state index is 0.553. The Morgan fingerprint density at radius 1 is 1.11 bits per heavy atom. The number of allylic oxidation sites excluding steroid dienone is 1. The quantitative estimate of drug-likeness (QED) is 0.354. The van der Waals surface area contributed by atoms with Crippen molar-refractivity contribution in [3.8, 4) is 11.3 Å². The van der Waals surface area contributed by atoms with Crippen LogP contribution in [0.4, 0.5) is 0 Å². The van der Waals surface area contributed by atoms with Gasteiger partial charge in [0.15, 0.2) is 0 Å². The van der Waals surface area contributed by atoms with Crippen molar-refractivity contribution in [2.24, 2.45) is 0 Å². The minimum Gasteiger partial charge on any atom is -0.373 e. The summed E-state index contributed by atoms with van der Waals surface area (Å²) < 4.78 is 2.05. The first-order valence-corrected chi connectivity index (χ1v) is 13.6. The van der Waals surface area contributed by atoms with E-state index in [2.05, 4.69) is 66.8 Å². The molecule has 5 nitrogen and oxygen atoms in total. The molecule has 1 aromatic carbocycles. The number of aromatic nitrogens is 3. The molecule has 1 saturated carbocycles. The molecule has 6 heteroatoms. The Labute approximate surface area is 222 Å². The number of halogens is 1. The molecular formula is C30H42ClN5. The van der Waals surface area contributed by atoms with E-state index in [1.807, 2.05) is 36.5 Å². The van der Waals surface area contributed by atoms with Gasteiger partial charge in [-0.25, -0.2) is 4.98 Å². The summed E-state index contributed by atoms with van der Waals surface area (Å²) in [7, 11) is 2.16. The van der Waals surface area contributed by atoms with Crippen LogP contribution in [0.25, 0.3) is 28.2 Å². The van der Waals surface area contributed by atoms with Crippen molar-refractivity contribution in [1.29, 1.82) is 0 Å². The zero-order valence-corrected chi connectivity index (χ0v) is 23.3. The lowest BCUT2D eigenvalue weighted by Crippen LogP contribution is -2.43. The van der Waals surface area contributed by atoms with Gasteiger partial charge in [-0.05, 0) is 50.9 Å². The van der Waals surface area contributed by atoms with Crippen LogP contribution in [0.15, 0.2) is 55.5 Å². The molecule has 1 aliphatic heterocycles. The van der Waals surface area contributed by atoms with Crippen LogP contribution >= 0.6 is 11.6 Å². The predicted molar refractivity (Wildman–Crippen MR) is 155 cm³/mol. The molecule has 0 atom stereocenters. The van der Waals surface area contributed by atoms with Gasteiger partial charge in [0.25, 0.3) is 0 Å². The fraction of sp³-hybridized carbons (Fsp3) is 0.467. The van der Waals surface area contributed by atoms with Crippen molar-refractivity contribution in [1.82, 2.24) is 24.6 Å². The SMILES string of the molecule is C=C(C)N1CCN(C)CC1.C=Cc1ccc2c(Cl)cc(-c3cnn(C4CCC4)c3)nc2c1.CCCC. The third kappa shape index (κ3) is 7.44. The van der Waals surface area contributed by atoms with E-state index in [1.165, 1.54) is 50.9 Å². The molecule has 0 amide bonds. The summed E-state index contributed by atoms with van der Waals surface area (Å²) in [5.74, 6) is 0. The van der Waals surface area contributed by atoms with E-state index in [4.69, 9.17) is 16.6 Å². The first-order valence-electron chi connectivity index (χ1n) is 13.2. The smallest absolute Gasteiger partial charge is 0.0756 e. The molecule has 0 bridgehead atoms. The molecule has 1 saturated heterocycles. The van der Waals surface area contributed by atoms with Crippen LogP contribution in [-0.4, -0.2) is 57.8 Å². The Balaban J connectivity index is 0.000000215. The summed E-state index contributed by atoms with van der Waals surface area (Å²) in [5.41, 5.74) is 5.01. The molecule has 1 aliphatic carbocycles. The highest BCUT2D eigenvalue weighted by Gasteiger charge is 2.20. The molecule has 0 unspecified atom stereocenters. The number of likely N-dealkylation sites (N-methyl/N-ethyl adjacent to an activating group) is 1. The maximum Gasteiger partial charge on any atom is 0.0756 e. The van der Waals surface area contributed by atoms with Crippen LogP contribution in [0.5, 0.6) is 0 Å². The standard InChI is InChI=1S/C18H16ClN3.C8H16N2.C4H10/c1-2-12-6-7-15-16(19)9-17(21-18(15)8-12)13-10-20-22(11-13)14-4-3-5-14;1-8(2)10-6-4-9(3)5-7-10;1-3-4-2/h2,6-11,14H,1,3-5H2;1,4-7H2,2-3H3;3-4H2,1-2H3. The van der Waals surface area contributed by atoms with E-state index in [0.29, 0.717) is 11.1 Å². The zero-order chi connectivity index (χ0) is 26.1. The number of nitrogens with zero attached hydrogens (tertiary/aromatic N) is 5. The van der Waals surface area contributed by atoms with Crippen LogP contribution in [0.3, 0.4) is 0 Å². The van der Waals surface area contributed by atoms with E-state index in [-0.39, 0.29) is 0 Å². The lowest BCUT2D eigenvalue weighted by Gasteiger charge is -2.33. The van der Waals surface area contributed by atoms with E-state index >= 15 is 0 Å². The average Bonchev–Trinajstić information content (AvgIpc) is 3.33. The summed E-state index contributed by atoms with van der Waals surface area (Å²) >= 11 is 6.42. The van der Waals surface area contributed by atoms with E-state index in [9.17, 15) is 0 Å². The molecule has 3 heterocycles. The second kappa shape index (κ2) is 13.6. The molecular weight excluding hydrogens is 466 g/mol. The summed E-state index contributed by atoms with van der Waals surface area (Å²) in [4.78, 5) is 9.43. The number of unbranched alkanes of at least 4 members (excludes halogenated alkanes) is 1. The molecule has 2 aromatic heterocycles. The number of benzene rings is 1. The van der Waals surface area contributed by atoms with Crippen molar-refractivity contribution >= 4 is 28.6 Å². The van der Waals surface area contributed by atoms with E-state index in [1.54, 1.807) is 0 Å². The maximum absolute atomic E-state index is 6.42. The third-order valence-corrected chi connectivity index (χ3v) is 7.22. The Morgan fingerprint density at radius 2 is 1.81 bits per heavy atom. The molecule has 3 aromatic rings. The largest absolute Gasteiger partial charge is 0.373 e. The third-order valence-electron chi connectivity index (χ3n) is 6.91. The summed E-state index contributed by atoms with van der Waals surface area (Å²) in [6.45, 7) is 18.8. The van der Waals surface area contributed by atoms with Gasteiger partial charge in [0.05, 0.1) is 28.5 Å². The Morgan fingerprint density at radius 3 is 2.36 bits per heavy atom. The predicted octanol–water partition coefficient (Wildman–Crippen LogP) is 7.69. The lowest BCUT2D eigenvalue weighted by molar-refractivity contribution is 0.187. The average molecular weight is 508 g/mol. The molecule has 194 valence electrons. The number of hydrogen-bond acceptors (Lipinski definition) is 4. The van der Waals surface area contributed by atoms with Crippen LogP contribution < -0.4 is 0 Å². The molecule has 36 heavy (non-hydrogen) atoms. The number of hydrogen-bond donors (Lipinski definition) is 0. The molecule has 0 spiro atoms. The zero-order valence-electron chi connectivity index (χ0n) is 22.5. The van der Waals surface area contributed by atoms with Crippen LogP contribution in [0, 0.1) is 0 Å². The fourth-order valence-electron chi connectivity index (χ4n) is 3.99. The molecule has 0 radical (unpaired) electrons. The maximum atomic E-state index is 6.42. The van der Waals surface area contributed by atoms with Crippen molar-refractivity contribution in [2.75, 3.05) is 33.2 Å². The minimum absolute atomic E-state index is 0.553. The number of pyridine rings is 1. The van der Waals surface area contributed by atoms with E-state index in [0.717, 1.165) is 40.8 Å². The topological polar surface area (TPSA) is 37.2 Å². The molecule has 5 rings (SSSR count). The lowest BCUT2D eigenvalue weighted by atomic mass is 9.93. The van der Waals surface area contributed by atoms with Gasteiger partial charge >= 0.3 is 0 Å². The first kappa shape index (κ1) is 27.9. The Hall–Kier alpha value is -2.63. The van der Waals surface area contributed by atoms with Crippen LogP contribution in [-0.2, 0) is 0 Å². The fourth-order valence-corrected chi connectivity index (χ4v) is 4.25. The highest BCUT2D eigenvalue weighted by Crippen LogP contribution is 2.33. The Bertz CT molecular complexity index is 1140. The molecule has 2 aliphatic rings. The monoisotopic (exact) mass is 507 g/mol. The van der Waals surface area contributed by atoms with Gasteiger partial charge < -0.3 is 9.80 Å². The molecule has 0 N–H and O–H groups in total. The van der Waals surface area contributed by atoms with E-state index < -0.39 is 0 Å². The van der Waals surface area contributed by atoms with Gasteiger partial charge in [0, 0.05) is 49.0 Å². The van der Waals surface area contributed by atoms with Gasteiger partial charge in [-0.15, -0.1) is 0 Å². The molecule has 2 fully saturated rings. The highest BCUT2D eigenvalue weighted by molar-refractivity contribution is 6.35. The van der Waals surface area contributed by atoms with Gasteiger partial charge in [-0.3, -0.25) is 4.68 Å². The number of fused-ring (bicyclic) bond motifs is 1. The van der Waals surface area contributed by atoms with Gasteiger partial charge in [-0.2, -0.15) is 5.10 Å². The van der Waals surface area contributed by atoms with Crippen molar-refractivity contribution in [3.05, 3.63) is 66.1 Å². The Kier molecular flexibility index (Phi) is 10.6. The second-order valence-electron chi connectivity index (χ2n) is 9.79. The number of piperazine rings is 1. The number of rotatable bonds is 5. The normalized spacial score (nSPS) is 15.9. The van der Waals surface area contributed by atoms with Crippen LogP contribution in [0.1, 0.15) is 64.5 Å². The second-order valence-corrected chi connectivity index (χ2v) is 10.2. The van der Waals surface area contributed by atoms with Gasteiger partial charge in [0.2, 0.25) is 0 Å². The van der Waals surface area contributed by atoms with Crippen LogP contribution in [0.2, 0.25) is 5.02 Å². The summed E-state index contributed by atoms with van der Waals surface area (Å²) in [5, 5.41) is 6.15. The van der Waals surface area contributed by atoms with Gasteiger partial charge in [0.1, 0.15) is 0 Å². The van der Waals surface area contributed by atoms with Crippen molar-refractivity contribution in [3.63, 3.8) is 0 Å². The summed E-state index contributed by atoms with van der Waals surface area (Å²) in [6.07, 6.45) is 12.1.